The molecule has 3 rings (SSSR count). The maximum Gasteiger partial charge on any atom is 0.0921 e. The number of hydrogen-bond acceptors (Lipinski definition) is 1. The lowest BCUT2D eigenvalue weighted by Gasteiger charge is -2.20. The van der Waals surface area contributed by atoms with Crippen LogP contribution in [0.2, 0.25) is 0 Å². The first-order valence-corrected chi connectivity index (χ1v) is 8.56. The predicted molar refractivity (Wildman–Crippen MR) is 83.5 cm³/mol. The van der Waals surface area contributed by atoms with Gasteiger partial charge in [0.05, 0.1) is 6.33 Å². The van der Waals surface area contributed by atoms with Crippen molar-refractivity contribution in [1.82, 2.24) is 9.97 Å². The fourth-order valence-electron chi connectivity index (χ4n) is 3.65. The van der Waals surface area contributed by atoms with Gasteiger partial charge in [-0.1, -0.05) is 44.3 Å². The Morgan fingerprint density at radius 1 is 1.20 bits per heavy atom. The number of allylic oxidation sites excluding steroid dienone is 2. The minimum Gasteiger partial charge on any atom is -0.348 e. The van der Waals surface area contributed by atoms with Crippen LogP contribution in [0.25, 0.3) is 0 Å². The Morgan fingerprint density at radius 2 is 2.05 bits per heavy atom. The molecule has 2 nitrogen and oxygen atoms in total. The minimum absolute atomic E-state index is 0.738. The smallest absolute Gasteiger partial charge is 0.0921 e. The normalized spacial score (nSPS) is 22.4. The molecule has 1 aromatic rings. The zero-order chi connectivity index (χ0) is 13.6. The van der Waals surface area contributed by atoms with E-state index in [1.54, 1.807) is 6.33 Å². The highest BCUT2D eigenvalue weighted by Gasteiger charge is 2.29. The molecule has 2 aliphatic rings. The zero-order valence-corrected chi connectivity index (χ0v) is 12.6. The highest BCUT2D eigenvalue weighted by Crippen LogP contribution is 2.39. The van der Waals surface area contributed by atoms with Gasteiger partial charge in [0.2, 0.25) is 0 Å². The first kappa shape index (κ1) is 13.9. The van der Waals surface area contributed by atoms with E-state index in [2.05, 4.69) is 22.1 Å². The largest absolute Gasteiger partial charge is 0.348 e. The maximum atomic E-state index is 4.13. The van der Waals surface area contributed by atoms with Crippen LogP contribution in [0.3, 0.4) is 0 Å². The maximum absolute atomic E-state index is 4.13. The molecule has 2 saturated carbocycles. The molecule has 1 atom stereocenters. The van der Waals surface area contributed by atoms with Gasteiger partial charge in [0.15, 0.2) is 0 Å². The molecule has 1 aromatic heterocycles. The van der Waals surface area contributed by atoms with Crippen LogP contribution in [-0.2, 0) is 6.42 Å². The molecule has 2 aliphatic carbocycles. The van der Waals surface area contributed by atoms with E-state index in [1.165, 1.54) is 63.5 Å². The average Bonchev–Trinajstić information content (AvgIpc) is 3.21. The Labute approximate surface area is 123 Å². The molecular formula is C18H28N2. The fraction of sp³-hybridized carbons (Fsp3) is 0.722. The summed E-state index contributed by atoms with van der Waals surface area (Å²) in [6.07, 6.45) is 22.8. The van der Waals surface area contributed by atoms with Crippen LogP contribution in [-0.4, -0.2) is 9.97 Å². The third-order valence-electron chi connectivity index (χ3n) is 5.09. The third-order valence-corrected chi connectivity index (χ3v) is 5.09. The molecule has 20 heavy (non-hydrogen) atoms. The van der Waals surface area contributed by atoms with E-state index in [1.807, 2.05) is 6.20 Å². The van der Waals surface area contributed by atoms with Crippen molar-refractivity contribution in [2.24, 2.45) is 17.8 Å². The monoisotopic (exact) mass is 272 g/mol. The fourth-order valence-corrected chi connectivity index (χ4v) is 3.65. The summed E-state index contributed by atoms with van der Waals surface area (Å²) in [7, 11) is 0. The van der Waals surface area contributed by atoms with Crippen LogP contribution in [0.5, 0.6) is 0 Å². The lowest BCUT2D eigenvalue weighted by Crippen LogP contribution is -2.06. The van der Waals surface area contributed by atoms with Crippen LogP contribution in [0.1, 0.15) is 63.5 Å². The van der Waals surface area contributed by atoms with E-state index in [0.29, 0.717) is 0 Å². The van der Waals surface area contributed by atoms with Gasteiger partial charge >= 0.3 is 0 Å². The first-order chi connectivity index (χ1) is 9.92. The molecule has 0 saturated heterocycles. The van der Waals surface area contributed by atoms with Gasteiger partial charge in [0.25, 0.3) is 0 Å². The Balaban J connectivity index is 1.42. The molecule has 0 radical (unpaired) electrons. The van der Waals surface area contributed by atoms with Crippen LogP contribution < -0.4 is 0 Å². The summed E-state index contributed by atoms with van der Waals surface area (Å²) < 4.78 is 0. The summed E-state index contributed by atoms with van der Waals surface area (Å²) in [5, 5.41) is 0. The van der Waals surface area contributed by atoms with Crippen molar-refractivity contribution in [2.75, 3.05) is 0 Å². The lowest BCUT2D eigenvalue weighted by atomic mass is 9.86. The number of nitrogens with one attached hydrogen (secondary N) is 1. The second-order valence-corrected chi connectivity index (χ2v) is 6.79. The number of imidazole rings is 1. The number of aromatic amines is 1. The van der Waals surface area contributed by atoms with Gasteiger partial charge in [0.1, 0.15) is 0 Å². The quantitative estimate of drug-likeness (QED) is 0.703. The van der Waals surface area contributed by atoms with Crippen LogP contribution in [0, 0.1) is 17.8 Å². The van der Waals surface area contributed by atoms with Gasteiger partial charge in [-0.15, -0.1) is 0 Å². The first-order valence-electron chi connectivity index (χ1n) is 8.56. The number of nitrogens with zero attached hydrogens (tertiary/aromatic N) is 1. The molecule has 110 valence electrons. The van der Waals surface area contributed by atoms with Crippen molar-refractivity contribution in [3.63, 3.8) is 0 Å². The van der Waals surface area contributed by atoms with Crippen LogP contribution in [0.4, 0.5) is 0 Å². The van der Waals surface area contributed by atoms with Gasteiger partial charge in [-0.2, -0.15) is 0 Å². The predicted octanol–water partition coefficient (Wildman–Crippen LogP) is 4.90. The van der Waals surface area contributed by atoms with Crippen LogP contribution in [0.15, 0.2) is 24.7 Å². The Bertz CT molecular complexity index is 397. The van der Waals surface area contributed by atoms with Gasteiger partial charge in [-0.05, 0) is 49.9 Å². The topological polar surface area (TPSA) is 28.7 Å². The second-order valence-electron chi connectivity index (χ2n) is 6.79. The summed E-state index contributed by atoms with van der Waals surface area (Å²) in [5.74, 6) is 2.69. The van der Waals surface area contributed by atoms with E-state index < -0.39 is 0 Å². The molecular weight excluding hydrogens is 244 g/mol. The molecule has 1 heterocycles. The molecule has 0 amide bonds. The summed E-state index contributed by atoms with van der Waals surface area (Å²) in [6.45, 7) is 0. The Morgan fingerprint density at radius 3 is 2.75 bits per heavy atom. The third kappa shape index (κ3) is 4.22. The number of aromatic nitrogens is 2. The summed E-state index contributed by atoms with van der Waals surface area (Å²) >= 11 is 0. The van der Waals surface area contributed by atoms with E-state index in [9.17, 15) is 0 Å². The molecule has 2 heteroatoms. The summed E-state index contributed by atoms with van der Waals surface area (Å²) in [5.41, 5.74) is 1.29. The van der Waals surface area contributed by atoms with E-state index in [0.717, 1.165) is 24.2 Å². The average molecular weight is 272 g/mol. The van der Waals surface area contributed by atoms with E-state index in [4.69, 9.17) is 0 Å². The van der Waals surface area contributed by atoms with Crippen molar-refractivity contribution in [2.45, 2.75) is 64.2 Å². The molecule has 0 bridgehead atoms. The second kappa shape index (κ2) is 7.10. The molecule has 0 aromatic carbocycles. The number of rotatable bonds is 7. The summed E-state index contributed by atoms with van der Waals surface area (Å²) in [6, 6.07) is 0. The molecule has 0 aliphatic heterocycles. The van der Waals surface area contributed by atoms with Crippen molar-refractivity contribution in [1.29, 1.82) is 0 Å². The van der Waals surface area contributed by atoms with Gasteiger partial charge < -0.3 is 4.98 Å². The number of hydrogen-bond donors (Lipinski definition) is 1. The molecule has 0 spiro atoms. The molecule has 1 N–H and O–H groups in total. The van der Waals surface area contributed by atoms with Gasteiger partial charge in [-0.3, -0.25) is 0 Å². The van der Waals surface area contributed by atoms with Gasteiger partial charge in [0, 0.05) is 11.9 Å². The summed E-state index contributed by atoms with van der Waals surface area (Å²) in [4.78, 5) is 7.38. The SMILES string of the molecule is C(=C/[C@H](Cc1cnc[nH]1)C1CC1)/CCC1CCCCC1. The Kier molecular flexibility index (Phi) is 4.94. The highest BCUT2D eigenvalue weighted by molar-refractivity contribution is 5.05. The highest BCUT2D eigenvalue weighted by atomic mass is 14.9. The van der Waals surface area contributed by atoms with Crippen molar-refractivity contribution < 1.29 is 0 Å². The van der Waals surface area contributed by atoms with Crippen molar-refractivity contribution in [3.05, 3.63) is 30.4 Å². The van der Waals surface area contributed by atoms with E-state index in [-0.39, 0.29) is 0 Å². The minimum atomic E-state index is 0.738. The van der Waals surface area contributed by atoms with E-state index >= 15 is 0 Å². The zero-order valence-electron chi connectivity index (χ0n) is 12.6. The van der Waals surface area contributed by atoms with Crippen LogP contribution >= 0.6 is 0 Å². The van der Waals surface area contributed by atoms with Crippen molar-refractivity contribution in [3.8, 4) is 0 Å². The van der Waals surface area contributed by atoms with Gasteiger partial charge in [-0.25, -0.2) is 4.98 Å². The molecule has 2 fully saturated rings. The lowest BCUT2D eigenvalue weighted by molar-refractivity contribution is 0.341. The number of H-pyrrole nitrogens is 1. The van der Waals surface area contributed by atoms with Crippen molar-refractivity contribution >= 4 is 0 Å². The molecule has 0 unspecified atom stereocenters. The Hall–Kier alpha value is -1.05. The standard InChI is InChI=1S/C18H28N2/c1-2-6-15(7-3-1)8-4-5-9-17(16-10-11-16)12-18-13-19-14-20-18/h5,9,13-17H,1-4,6-8,10-12H2,(H,19,20)/b9-5-/t17-/m1/s1.